The number of rotatable bonds is 9. The summed E-state index contributed by atoms with van der Waals surface area (Å²) in [5.41, 5.74) is 0.823. The van der Waals surface area contributed by atoms with Crippen molar-refractivity contribution >= 4 is 5.97 Å². The SMILES string of the molecule is CCCCCCCC1COC(c2ccc(C(=O)Oc3ccc(C#N)cc3)cc2F)OC1. The van der Waals surface area contributed by atoms with E-state index in [0.717, 1.165) is 18.9 Å². The number of nitrogens with zero attached hydrogens (tertiary/aromatic N) is 1. The first-order valence-corrected chi connectivity index (χ1v) is 10.9. The standard InChI is InChI=1S/C25H28FNO4/c1-2-3-4-5-6-7-19-16-29-25(30-17-19)22-13-10-20(14-23(22)26)24(28)31-21-11-8-18(15-27)9-12-21/h8-14,19,25H,2-7,16-17H2,1H3. The second-order valence-corrected chi connectivity index (χ2v) is 7.83. The van der Waals surface area contributed by atoms with Gasteiger partial charge in [-0.3, -0.25) is 0 Å². The summed E-state index contributed by atoms with van der Waals surface area (Å²) < 4.78 is 31.4. The van der Waals surface area contributed by atoms with Crippen LogP contribution < -0.4 is 4.74 Å². The van der Waals surface area contributed by atoms with Crippen molar-refractivity contribution in [2.24, 2.45) is 5.92 Å². The van der Waals surface area contributed by atoms with Gasteiger partial charge in [0.25, 0.3) is 0 Å². The Bertz CT molecular complexity index is 899. The maximum Gasteiger partial charge on any atom is 0.343 e. The smallest absolute Gasteiger partial charge is 0.343 e. The molecule has 0 N–H and O–H groups in total. The molecule has 0 aromatic heterocycles. The molecule has 164 valence electrons. The quantitative estimate of drug-likeness (QED) is 0.283. The van der Waals surface area contributed by atoms with E-state index in [2.05, 4.69) is 6.92 Å². The maximum atomic E-state index is 14.6. The van der Waals surface area contributed by atoms with Crippen molar-refractivity contribution in [2.75, 3.05) is 13.2 Å². The molecule has 0 spiro atoms. The van der Waals surface area contributed by atoms with Crippen LogP contribution in [0.1, 0.15) is 73.2 Å². The first-order valence-electron chi connectivity index (χ1n) is 10.9. The van der Waals surface area contributed by atoms with Gasteiger partial charge < -0.3 is 14.2 Å². The fourth-order valence-electron chi connectivity index (χ4n) is 3.53. The topological polar surface area (TPSA) is 68.5 Å². The summed E-state index contributed by atoms with van der Waals surface area (Å²) in [6.07, 6.45) is 6.44. The molecule has 1 heterocycles. The van der Waals surface area contributed by atoms with Crippen molar-refractivity contribution in [3.8, 4) is 11.8 Å². The molecule has 1 fully saturated rings. The van der Waals surface area contributed by atoms with Crippen LogP contribution >= 0.6 is 0 Å². The molecule has 0 radical (unpaired) electrons. The third-order valence-electron chi connectivity index (χ3n) is 5.37. The number of hydrogen-bond donors (Lipinski definition) is 0. The number of benzene rings is 2. The van der Waals surface area contributed by atoms with E-state index < -0.39 is 18.1 Å². The number of nitriles is 1. The predicted molar refractivity (Wildman–Crippen MR) is 114 cm³/mol. The summed E-state index contributed by atoms with van der Waals surface area (Å²) in [6, 6.07) is 12.2. The van der Waals surface area contributed by atoms with Gasteiger partial charge in [-0.05, 0) is 42.8 Å². The third-order valence-corrected chi connectivity index (χ3v) is 5.37. The van der Waals surface area contributed by atoms with Gasteiger partial charge in [0, 0.05) is 11.5 Å². The number of carbonyl (C=O) groups is 1. The Morgan fingerprint density at radius 2 is 1.81 bits per heavy atom. The van der Waals surface area contributed by atoms with Crippen LogP contribution in [0.4, 0.5) is 4.39 Å². The van der Waals surface area contributed by atoms with Crippen molar-refractivity contribution < 1.29 is 23.4 Å². The van der Waals surface area contributed by atoms with E-state index in [-0.39, 0.29) is 16.9 Å². The first-order chi connectivity index (χ1) is 15.1. The number of esters is 1. The van der Waals surface area contributed by atoms with Crippen LogP contribution in [-0.2, 0) is 9.47 Å². The van der Waals surface area contributed by atoms with Gasteiger partial charge in [0.05, 0.1) is 30.4 Å². The highest BCUT2D eigenvalue weighted by molar-refractivity contribution is 5.91. The van der Waals surface area contributed by atoms with E-state index in [4.69, 9.17) is 19.5 Å². The zero-order valence-electron chi connectivity index (χ0n) is 17.8. The molecule has 0 aliphatic carbocycles. The van der Waals surface area contributed by atoms with Gasteiger partial charge in [-0.25, -0.2) is 9.18 Å². The molecule has 1 aliphatic heterocycles. The molecule has 0 unspecified atom stereocenters. The highest BCUT2D eigenvalue weighted by Gasteiger charge is 2.26. The van der Waals surface area contributed by atoms with Crippen LogP contribution in [0, 0.1) is 23.1 Å². The van der Waals surface area contributed by atoms with Crippen molar-refractivity contribution in [1.29, 1.82) is 5.26 Å². The summed E-state index contributed by atoms with van der Waals surface area (Å²) in [6.45, 7) is 3.29. The number of carbonyl (C=O) groups excluding carboxylic acids is 1. The lowest BCUT2D eigenvalue weighted by atomic mass is 10.0. The molecular formula is C25H28FNO4. The second kappa shape index (κ2) is 11.6. The summed E-state index contributed by atoms with van der Waals surface area (Å²) in [5, 5.41) is 8.81. The van der Waals surface area contributed by atoms with E-state index in [1.165, 1.54) is 49.9 Å². The molecule has 6 heteroatoms. The van der Waals surface area contributed by atoms with Crippen molar-refractivity contribution in [2.45, 2.75) is 51.7 Å². The van der Waals surface area contributed by atoms with Crippen LogP contribution in [0.2, 0.25) is 0 Å². The minimum absolute atomic E-state index is 0.0892. The molecule has 3 rings (SSSR count). The Morgan fingerprint density at radius 3 is 2.45 bits per heavy atom. The summed E-state index contributed by atoms with van der Waals surface area (Å²) in [7, 11) is 0. The van der Waals surface area contributed by atoms with Crippen molar-refractivity contribution in [1.82, 2.24) is 0 Å². The first kappa shape index (κ1) is 22.9. The Hall–Kier alpha value is -2.75. The summed E-state index contributed by atoms with van der Waals surface area (Å²) in [5.74, 6) is -0.628. The molecular weight excluding hydrogens is 397 g/mol. The molecule has 31 heavy (non-hydrogen) atoms. The average molecular weight is 426 g/mol. The molecule has 5 nitrogen and oxygen atoms in total. The van der Waals surface area contributed by atoms with E-state index in [0.29, 0.717) is 24.7 Å². The van der Waals surface area contributed by atoms with Gasteiger partial charge in [-0.2, -0.15) is 5.26 Å². The normalized spacial score (nSPS) is 18.4. The molecule has 2 aromatic rings. The Kier molecular flexibility index (Phi) is 8.57. The van der Waals surface area contributed by atoms with Gasteiger partial charge in [0.15, 0.2) is 6.29 Å². The fourth-order valence-corrected chi connectivity index (χ4v) is 3.53. The molecule has 2 aromatic carbocycles. The predicted octanol–water partition coefficient (Wildman–Crippen LogP) is 5.94. The van der Waals surface area contributed by atoms with Crippen LogP contribution in [-0.4, -0.2) is 19.2 Å². The minimum Gasteiger partial charge on any atom is -0.423 e. The van der Waals surface area contributed by atoms with Crippen molar-refractivity contribution in [3.05, 3.63) is 65.0 Å². The van der Waals surface area contributed by atoms with Crippen LogP contribution in [0.5, 0.6) is 5.75 Å². The van der Waals surface area contributed by atoms with Gasteiger partial charge in [-0.15, -0.1) is 0 Å². The number of unbranched alkanes of at least 4 members (excludes halogenated alkanes) is 4. The highest BCUT2D eigenvalue weighted by Crippen LogP contribution is 2.29. The zero-order chi connectivity index (χ0) is 22.1. The van der Waals surface area contributed by atoms with Gasteiger partial charge in [0.2, 0.25) is 0 Å². The Morgan fingerprint density at radius 1 is 1.10 bits per heavy atom. The molecule has 0 atom stereocenters. The lowest BCUT2D eigenvalue weighted by Gasteiger charge is -2.30. The molecule has 0 amide bonds. The number of hydrogen-bond acceptors (Lipinski definition) is 5. The fraction of sp³-hybridized carbons (Fsp3) is 0.440. The molecule has 0 bridgehead atoms. The van der Waals surface area contributed by atoms with Crippen LogP contribution in [0.15, 0.2) is 42.5 Å². The van der Waals surface area contributed by atoms with E-state index in [9.17, 15) is 9.18 Å². The Balaban J connectivity index is 1.51. The molecule has 1 aliphatic rings. The van der Waals surface area contributed by atoms with Gasteiger partial charge in [0.1, 0.15) is 11.6 Å². The van der Waals surface area contributed by atoms with Crippen LogP contribution in [0.3, 0.4) is 0 Å². The molecule has 0 saturated carbocycles. The van der Waals surface area contributed by atoms with Gasteiger partial charge >= 0.3 is 5.97 Å². The van der Waals surface area contributed by atoms with E-state index in [1.807, 2.05) is 6.07 Å². The second-order valence-electron chi connectivity index (χ2n) is 7.83. The average Bonchev–Trinajstić information content (AvgIpc) is 2.80. The van der Waals surface area contributed by atoms with E-state index >= 15 is 0 Å². The number of halogens is 1. The maximum absolute atomic E-state index is 14.6. The number of ether oxygens (including phenoxy) is 3. The van der Waals surface area contributed by atoms with Gasteiger partial charge in [-0.1, -0.05) is 45.1 Å². The lowest BCUT2D eigenvalue weighted by molar-refractivity contribution is -0.207. The largest absolute Gasteiger partial charge is 0.423 e. The highest BCUT2D eigenvalue weighted by atomic mass is 19.1. The summed E-state index contributed by atoms with van der Waals surface area (Å²) >= 11 is 0. The lowest BCUT2D eigenvalue weighted by Crippen LogP contribution is -2.27. The summed E-state index contributed by atoms with van der Waals surface area (Å²) in [4.78, 5) is 12.3. The van der Waals surface area contributed by atoms with Crippen LogP contribution in [0.25, 0.3) is 0 Å². The monoisotopic (exact) mass is 425 g/mol. The van der Waals surface area contributed by atoms with E-state index in [1.54, 1.807) is 12.1 Å². The Labute approximate surface area is 182 Å². The minimum atomic E-state index is -0.764. The third kappa shape index (κ3) is 6.61. The molecule has 1 saturated heterocycles. The zero-order valence-corrected chi connectivity index (χ0v) is 17.8. The van der Waals surface area contributed by atoms with Crippen molar-refractivity contribution in [3.63, 3.8) is 0 Å².